The van der Waals surface area contributed by atoms with Crippen molar-refractivity contribution in [2.75, 3.05) is 0 Å². The highest BCUT2D eigenvalue weighted by Gasteiger charge is 2.21. The van der Waals surface area contributed by atoms with Crippen LogP contribution in [-0.4, -0.2) is 15.0 Å². The molecular formula is C51H31N3O. The summed E-state index contributed by atoms with van der Waals surface area (Å²) in [7, 11) is 0. The number of aromatic nitrogens is 3. The smallest absolute Gasteiger partial charge is 0.164 e. The summed E-state index contributed by atoms with van der Waals surface area (Å²) < 4.78 is 6.52. The standard InChI is InChI=1S/C51H31N3O/c1-3-14-32(15-4-1)34-18-11-19-35(30-34)49-52-50(36-28-29-42-40-22-8-7-20-38(40)39-21-9-10-23-41(39)44(42)31-36)54-51(53-49)43-25-13-27-46-48(43)47-37(24-12-26-45(47)55-46)33-16-5-2-6-17-33/h1-31H. The third kappa shape index (κ3) is 5.19. The van der Waals surface area contributed by atoms with E-state index in [1.807, 2.05) is 30.3 Å². The highest BCUT2D eigenvalue weighted by atomic mass is 16.3. The Hall–Kier alpha value is -7.43. The summed E-state index contributed by atoms with van der Waals surface area (Å²) in [5, 5.41) is 9.29. The maximum Gasteiger partial charge on any atom is 0.164 e. The zero-order valence-corrected chi connectivity index (χ0v) is 29.6. The van der Waals surface area contributed by atoms with Crippen molar-refractivity contribution < 1.29 is 4.42 Å². The van der Waals surface area contributed by atoms with Gasteiger partial charge in [-0.15, -0.1) is 0 Å². The minimum atomic E-state index is 0.588. The molecule has 0 fully saturated rings. The van der Waals surface area contributed by atoms with Gasteiger partial charge in [-0.2, -0.15) is 0 Å². The molecule has 0 amide bonds. The van der Waals surface area contributed by atoms with Gasteiger partial charge in [-0.25, -0.2) is 15.0 Å². The van der Waals surface area contributed by atoms with Crippen molar-refractivity contribution in [2.45, 2.75) is 0 Å². The molecule has 0 aliphatic carbocycles. The summed E-state index contributed by atoms with van der Waals surface area (Å²) >= 11 is 0. The summed E-state index contributed by atoms with van der Waals surface area (Å²) in [6.07, 6.45) is 0. The highest BCUT2D eigenvalue weighted by molar-refractivity contribution is 6.25. The monoisotopic (exact) mass is 701 g/mol. The molecule has 0 saturated heterocycles. The van der Waals surface area contributed by atoms with Gasteiger partial charge in [0.15, 0.2) is 17.5 Å². The molecule has 2 aromatic heterocycles. The van der Waals surface area contributed by atoms with Crippen molar-refractivity contribution in [3.05, 3.63) is 188 Å². The molecule has 11 aromatic rings. The van der Waals surface area contributed by atoms with Crippen molar-refractivity contribution in [2.24, 2.45) is 0 Å². The Balaban J connectivity index is 1.18. The van der Waals surface area contributed by atoms with E-state index in [1.54, 1.807) is 0 Å². The number of hydrogen-bond donors (Lipinski definition) is 0. The van der Waals surface area contributed by atoms with Gasteiger partial charge in [0.1, 0.15) is 11.2 Å². The highest BCUT2D eigenvalue weighted by Crippen LogP contribution is 2.42. The van der Waals surface area contributed by atoms with Crippen molar-refractivity contribution in [3.63, 3.8) is 0 Å². The number of rotatable bonds is 5. The quantitative estimate of drug-likeness (QED) is 0.168. The molecule has 4 nitrogen and oxygen atoms in total. The SMILES string of the molecule is c1ccc(-c2cccc(-c3nc(-c4ccc5c6ccccc6c6ccccc6c5c4)nc(-c4cccc5oc6cccc(-c7ccccc7)c6c45)n3)c2)cc1. The second-order valence-electron chi connectivity index (χ2n) is 13.9. The van der Waals surface area contributed by atoms with Gasteiger partial charge in [0, 0.05) is 27.5 Å². The Kier molecular flexibility index (Phi) is 7.14. The molecule has 0 radical (unpaired) electrons. The molecule has 0 spiro atoms. The van der Waals surface area contributed by atoms with Gasteiger partial charge < -0.3 is 4.42 Å². The number of fused-ring (bicyclic) bond motifs is 9. The van der Waals surface area contributed by atoms with Crippen LogP contribution >= 0.6 is 0 Å². The van der Waals surface area contributed by atoms with Crippen LogP contribution in [0, 0.1) is 0 Å². The average molecular weight is 702 g/mol. The minimum Gasteiger partial charge on any atom is -0.456 e. The van der Waals surface area contributed by atoms with Crippen LogP contribution in [0.5, 0.6) is 0 Å². The predicted octanol–water partition coefficient (Wildman–Crippen LogP) is 13.6. The first-order chi connectivity index (χ1) is 27.3. The third-order valence-corrected chi connectivity index (χ3v) is 10.7. The van der Waals surface area contributed by atoms with Crippen LogP contribution in [0.3, 0.4) is 0 Å². The lowest BCUT2D eigenvalue weighted by Gasteiger charge is -2.13. The lowest BCUT2D eigenvalue weighted by atomic mass is 9.93. The molecule has 0 atom stereocenters. The Labute approximate surface area is 317 Å². The Morgan fingerprint density at radius 1 is 0.273 bits per heavy atom. The summed E-state index contributed by atoms with van der Waals surface area (Å²) in [6.45, 7) is 0. The Morgan fingerprint density at radius 3 is 1.38 bits per heavy atom. The normalized spacial score (nSPS) is 11.6. The fourth-order valence-corrected chi connectivity index (χ4v) is 8.18. The average Bonchev–Trinajstić information content (AvgIpc) is 3.66. The van der Waals surface area contributed by atoms with E-state index in [9.17, 15) is 0 Å². The Morgan fingerprint density at radius 2 is 0.727 bits per heavy atom. The molecule has 4 heteroatoms. The Bertz CT molecular complexity index is 3220. The first-order valence-electron chi connectivity index (χ1n) is 18.5. The van der Waals surface area contributed by atoms with E-state index < -0.39 is 0 Å². The van der Waals surface area contributed by atoms with E-state index in [0.29, 0.717) is 17.5 Å². The van der Waals surface area contributed by atoms with E-state index in [4.69, 9.17) is 19.4 Å². The van der Waals surface area contributed by atoms with Gasteiger partial charge in [-0.05, 0) is 78.8 Å². The van der Waals surface area contributed by atoms with Gasteiger partial charge in [-0.1, -0.05) is 164 Å². The van der Waals surface area contributed by atoms with E-state index in [2.05, 4.69) is 158 Å². The van der Waals surface area contributed by atoms with Gasteiger partial charge in [0.25, 0.3) is 0 Å². The molecule has 0 saturated carbocycles. The zero-order chi connectivity index (χ0) is 36.3. The molecule has 0 unspecified atom stereocenters. The van der Waals surface area contributed by atoms with Crippen LogP contribution in [0.1, 0.15) is 0 Å². The third-order valence-electron chi connectivity index (χ3n) is 10.7. The first kappa shape index (κ1) is 31.1. The van der Waals surface area contributed by atoms with E-state index in [-0.39, 0.29) is 0 Å². The van der Waals surface area contributed by atoms with Crippen LogP contribution in [0.15, 0.2) is 192 Å². The molecule has 11 rings (SSSR count). The van der Waals surface area contributed by atoms with Crippen LogP contribution in [0.4, 0.5) is 0 Å². The lowest BCUT2D eigenvalue weighted by molar-refractivity contribution is 0.669. The van der Waals surface area contributed by atoms with Gasteiger partial charge in [0.05, 0.1) is 0 Å². The van der Waals surface area contributed by atoms with Crippen molar-refractivity contribution in [1.82, 2.24) is 15.0 Å². The van der Waals surface area contributed by atoms with Crippen molar-refractivity contribution in [1.29, 1.82) is 0 Å². The van der Waals surface area contributed by atoms with Gasteiger partial charge in [0.2, 0.25) is 0 Å². The van der Waals surface area contributed by atoms with Crippen LogP contribution in [-0.2, 0) is 0 Å². The summed E-state index contributed by atoms with van der Waals surface area (Å²) in [6, 6.07) is 65.6. The van der Waals surface area contributed by atoms with Crippen LogP contribution < -0.4 is 0 Å². The lowest BCUT2D eigenvalue weighted by Crippen LogP contribution is -2.01. The largest absolute Gasteiger partial charge is 0.456 e. The summed E-state index contributed by atoms with van der Waals surface area (Å²) in [5.74, 6) is 1.80. The fourth-order valence-electron chi connectivity index (χ4n) is 8.18. The molecule has 0 aliphatic heterocycles. The van der Waals surface area contributed by atoms with Crippen molar-refractivity contribution >= 4 is 54.3 Å². The molecule has 0 N–H and O–H groups in total. The second-order valence-corrected chi connectivity index (χ2v) is 13.9. The molecule has 9 aromatic carbocycles. The molecule has 0 aliphatic rings. The molecule has 256 valence electrons. The maximum absolute atomic E-state index is 6.52. The van der Waals surface area contributed by atoms with Crippen LogP contribution in [0.25, 0.3) is 111 Å². The minimum absolute atomic E-state index is 0.588. The zero-order valence-electron chi connectivity index (χ0n) is 29.6. The predicted molar refractivity (Wildman–Crippen MR) is 227 cm³/mol. The summed E-state index contributed by atoms with van der Waals surface area (Å²) in [4.78, 5) is 15.8. The molecule has 0 bridgehead atoms. The number of nitrogens with zero attached hydrogens (tertiary/aromatic N) is 3. The second kappa shape index (κ2) is 12.6. The maximum atomic E-state index is 6.52. The molecule has 55 heavy (non-hydrogen) atoms. The first-order valence-corrected chi connectivity index (χ1v) is 18.5. The topological polar surface area (TPSA) is 51.8 Å². The molecular weight excluding hydrogens is 671 g/mol. The number of furan rings is 1. The number of benzene rings is 9. The van der Waals surface area contributed by atoms with Gasteiger partial charge in [-0.3, -0.25) is 0 Å². The summed E-state index contributed by atoms with van der Waals surface area (Å²) in [5.41, 5.74) is 8.79. The van der Waals surface area contributed by atoms with Crippen molar-refractivity contribution in [3.8, 4) is 56.4 Å². The van der Waals surface area contributed by atoms with E-state index in [0.717, 1.165) is 66.3 Å². The van der Waals surface area contributed by atoms with Crippen LogP contribution in [0.2, 0.25) is 0 Å². The number of hydrogen-bond acceptors (Lipinski definition) is 4. The van der Waals surface area contributed by atoms with E-state index in [1.165, 1.54) is 26.9 Å². The fraction of sp³-hybridized carbons (Fsp3) is 0. The van der Waals surface area contributed by atoms with E-state index >= 15 is 0 Å². The molecule has 2 heterocycles. The van der Waals surface area contributed by atoms with Gasteiger partial charge >= 0.3 is 0 Å².